The van der Waals surface area contributed by atoms with Gasteiger partial charge in [0.1, 0.15) is 0 Å². The summed E-state index contributed by atoms with van der Waals surface area (Å²) in [7, 11) is 0. The van der Waals surface area contributed by atoms with E-state index in [-0.39, 0.29) is 23.4 Å². The van der Waals surface area contributed by atoms with Gasteiger partial charge in [0, 0.05) is 6.54 Å². The number of hydrogen-bond donors (Lipinski definition) is 2. The first kappa shape index (κ1) is 20.3. The van der Waals surface area contributed by atoms with Gasteiger partial charge >= 0.3 is 5.69 Å². The van der Waals surface area contributed by atoms with E-state index in [2.05, 4.69) is 53.6 Å². The maximum absolute atomic E-state index is 12.2. The molecule has 1 aromatic carbocycles. The highest BCUT2D eigenvalue weighted by Crippen LogP contribution is 2.17. The molecule has 6 nitrogen and oxygen atoms in total. The third-order valence-corrected chi connectivity index (χ3v) is 4.98. The van der Waals surface area contributed by atoms with Crippen molar-refractivity contribution < 1.29 is 4.79 Å². The predicted octanol–water partition coefficient (Wildman–Crippen LogP) is 3.15. The Kier molecular flexibility index (Phi) is 7.50. The minimum atomic E-state index is -0.232. The number of carbonyl (C=O) groups excluding carboxylic acids is 1. The average molecular weight is 377 g/mol. The fraction of sp³-hybridized carbons (Fsp3) is 0.526. The number of aromatic amines is 1. The second-order valence-electron chi connectivity index (χ2n) is 6.88. The number of nitrogens with zero attached hydrogens (tertiary/aromatic N) is 2. The number of H-pyrrole nitrogens is 1. The smallest absolute Gasteiger partial charge is 0.343 e. The standard InChI is InChI=1S/C19H28N4O2S/c1-5-10-23-18(25)21-22-19(23)26-12-17(24)20-14(4)16-8-6-15(7-9-16)11-13(2)3/h6-9,13-14H,5,10-12H2,1-4H3,(H,20,24)(H,21,25). The summed E-state index contributed by atoms with van der Waals surface area (Å²) in [6.45, 7) is 8.97. The van der Waals surface area contributed by atoms with Gasteiger partial charge in [-0.2, -0.15) is 0 Å². The molecule has 0 radical (unpaired) electrons. The summed E-state index contributed by atoms with van der Waals surface area (Å²) in [5.74, 6) is 0.776. The van der Waals surface area contributed by atoms with Crippen molar-refractivity contribution in [2.45, 2.75) is 58.3 Å². The molecule has 1 atom stereocenters. The zero-order valence-corrected chi connectivity index (χ0v) is 16.7. The lowest BCUT2D eigenvalue weighted by atomic mass is 10.00. The van der Waals surface area contributed by atoms with Crippen molar-refractivity contribution in [3.63, 3.8) is 0 Å². The van der Waals surface area contributed by atoms with Crippen LogP contribution < -0.4 is 11.0 Å². The van der Waals surface area contributed by atoms with Crippen molar-refractivity contribution in [1.82, 2.24) is 20.1 Å². The SMILES string of the molecule is CCCn1c(SCC(=O)NC(C)c2ccc(CC(C)C)cc2)n[nH]c1=O. The largest absolute Gasteiger partial charge is 0.349 e. The Bertz CT molecular complexity index is 765. The fourth-order valence-electron chi connectivity index (χ4n) is 2.74. The van der Waals surface area contributed by atoms with Crippen molar-refractivity contribution in [3.05, 3.63) is 45.9 Å². The summed E-state index contributed by atoms with van der Waals surface area (Å²) >= 11 is 1.27. The van der Waals surface area contributed by atoms with Gasteiger partial charge in [0.15, 0.2) is 5.16 Å². The van der Waals surface area contributed by atoms with Gasteiger partial charge < -0.3 is 5.32 Å². The molecule has 0 saturated carbocycles. The minimum Gasteiger partial charge on any atom is -0.349 e. The van der Waals surface area contributed by atoms with E-state index >= 15 is 0 Å². The normalized spacial score (nSPS) is 12.3. The van der Waals surface area contributed by atoms with Crippen LogP contribution >= 0.6 is 11.8 Å². The van der Waals surface area contributed by atoms with Crippen LogP contribution in [-0.4, -0.2) is 26.4 Å². The van der Waals surface area contributed by atoms with Gasteiger partial charge in [-0.05, 0) is 36.8 Å². The van der Waals surface area contributed by atoms with Crippen LogP contribution in [0.2, 0.25) is 0 Å². The summed E-state index contributed by atoms with van der Waals surface area (Å²) in [6, 6.07) is 8.33. The van der Waals surface area contributed by atoms with Crippen molar-refractivity contribution in [3.8, 4) is 0 Å². The van der Waals surface area contributed by atoms with Crippen LogP contribution in [0.3, 0.4) is 0 Å². The molecule has 1 amide bonds. The van der Waals surface area contributed by atoms with Crippen molar-refractivity contribution in [1.29, 1.82) is 0 Å². The lowest BCUT2D eigenvalue weighted by Gasteiger charge is -2.15. The Morgan fingerprint density at radius 1 is 1.27 bits per heavy atom. The van der Waals surface area contributed by atoms with Crippen molar-refractivity contribution in [2.24, 2.45) is 5.92 Å². The highest BCUT2D eigenvalue weighted by molar-refractivity contribution is 7.99. The van der Waals surface area contributed by atoms with Gasteiger partial charge in [-0.15, -0.1) is 5.10 Å². The maximum atomic E-state index is 12.2. The maximum Gasteiger partial charge on any atom is 0.343 e. The van der Waals surface area contributed by atoms with E-state index in [0.717, 1.165) is 18.4 Å². The van der Waals surface area contributed by atoms with Crippen LogP contribution in [0.25, 0.3) is 0 Å². The molecule has 2 aromatic rings. The first-order chi connectivity index (χ1) is 12.4. The molecule has 0 spiro atoms. The number of aromatic nitrogens is 3. The van der Waals surface area contributed by atoms with E-state index in [1.165, 1.54) is 17.3 Å². The molecule has 0 aliphatic carbocycles. The summed E-state index contributed by atoms with van der Waals surface area (Å²) in [5.41, 5.74) is 2.16. The Hall–Kier alpha value is -2.02. The number of rotatable bonds is 9. The molecule has 142 valence electrons. The molecule has 0 aliphatic heterocycles. The molecule has 0 bridgehead atoms. The van der Waals surface area contributed by atoms with Crippen LogP contribution in [0.4, 0.5) is 0 Å². The minimum absolute atomic E-state index is 0.0618. The zero-order valence-electron chi connectivity index (χ0n) is 15.9. The van der Waals surface area contributed by atoms with Crippen LogP contribution in [-0.2, 0) is 17.8 Å². The molecule has 0 saturated heterocycles. The van der Waals surface area contributed by atoms with Gasteiger partial charge in [-0.3, -0.25) is 9.36 Å². The molecule has 1 heterocycles. The van der Waals surface area contributed by atoms with E-state index in [9.17, 15) is 9.59 Å². The Balaban J connectivity index is 1.88. The quantitative estimate of drug-likeness (QED) is 0.659. The lowest BCUT2D eigenvalue weighted by molar-refractivity contribution is -0.119. The molecular formula is C19H28N4O2S. The molecule has 7 heteroatoms. The third kappa shape index (κ3) is 5.76. The van der Waals surface area contributed by atoms with Crippen molar-refractivity contribution >= 4 is 17.7 Å². The highest BCUT2D eigenvalue weighted by atomic mass is 32.2. The molecule has 1 aromatic heterocycles. The van der Waals surface area contributed by atoms with E-state index in [4.69, 9.17) is 0 Å². The fourth-order valence-corrected chi connectivity index (χ4v) is 3.53. The summed E-state index contributed by atoms with van der Waals surface area (Å²) in [5, 5.41) is 9.97. The highest BCUT2D eigenvalue weighted by Gasteiger charge is 2.13. The number of hydrogen-bond acceptors (Lipinski definition) is 4. The van der Waals surface area contributed by atoms with E-state index in [0.29, 0.717) is 17.6 Å². The molecule has 2 rings (SSSR count). The zero-order chi connectivity index (χ0) is 19.1. The van der Waals surface area contributed by atoms with Crippen LogP contribution in [0.1, 0.15) is 51.3 Å². The summed E-state index contributed by atoms with van der Waals surface area (Å²) in [6.07, 6.45) is 1.89. The molecule has 0 fully saturated rings. The van der Waals surface area contributed by atoms with Crippen LogP contribution in [0.5, 0.6) is 0 Å². The number of nitrogens with one attached hydrogen (secondary N) is 2. The first-order valence-electron chi connectivity index (χ1n) is 9.06. The summed E-state index contributed by atoms with van der Waals surface area (Å²) < 4.78 is 1.56. The molecule has 0 aliphatic rings. The molecule has 26 heavy (non-hydrogen) atoms. The van der Waals surface area contributed by atoms with Gasteiger partial charge in [0.25, 0.3) is 0 Å². The predicted molar refractivity (Wildman–Crippen MR) is 105 cm³/mol. The molecule has 1 unspecified atom stereocenters. The number of amides is 1. The van der Waals surface area contributed by atoms with Gasteiger partial charge in [-0.25, -0.2) is 9.89 Å². The van der Waals surface area contributed by atoms with E-state index < -0.39 is 0 Å². The van der Waals surface area contributed by atoms with Crippen molar-refractivity contribution in [2.75, 3.05) is 5.75 Å². The number of benzene rings is 1. The lowest BCUT2D eigenvalue weighted by Crippen LogP contribution is -2.28. The second kappa shape index (κ2) is 9.62. The Labute approximate surface area is 158 Å². The Morgan fingerprint density at radius 2 is 1.96 bits per heavy atom. The number of thioether (sulfide) groups is 1. The van der Waals surface area contributed by atoms with Gasteiger partial charge in [0.2, 0.25) is 5.91 Å². The number of carbonyl (C=O) groups is 1. The second-order valence-corrected chi connectivity index (χ2v) is 7.82. The Morgan fingerprint density at radius 3 is 2.58 bits per heavy atom. The van der Waals surface area contributed by atoms with E-state index in [1.807, 2.05) is 13.8 Å². The monoisotopic (exact) mass is 376 g/mol. The topological polar surface area (TPSA) is 79.8 Å². The first-order valence-corrected chi connectivity index (χ1v) is 10.1. The van der Waals surface area contributed by atoms with Gasteiger partial charge in [-0.1, -0.05) is 56.8 Å². The van der Waals surface area contributed by atoms with Crippen LogP contribution in [0.15, 0.2) is 34.2 Å². The molecular weight excluding hydrogens is 348 g/mol. The average Bonchev–Trinajstić information content (AvgIpc) is 2.94. The molecule has 2 N–H and O–H groups in total. The summed E-state index contributed by atoms with van der Waals surface area (Å²) in [4.78, 5) is 23.9. The van der Waals surface area contributed by atoms with E-state index in [1.54, 1.807) is 4.57 Å². The van der Waals surface area contributed by atoms with Crippen LogP contribution in [0, 0.1) is 5.92 Å². The third-order valence-electron chi connectivity index (χ3n) is 4.00. The van der Waals surface area contributed by atoms with Gasteiger partial charge in [0.05, 0.1) is 11.8 Å².